The second-order valence-corrected chi connectivity index (χ2v) is 8.39. The molecule has 1 aromatic rings. The lowest BCUT2D eigenvalue weighted by molar-refractivity contribution is -0.137. The van der Waals surface area contributed by atoms with Crippen LogP contribution >= 0.6 is 11.6 Å². The van der Waals surface area contributed by atoms with E-state index in [0.717, 1.165) is 80.3 Å². The van der Waals surface area contributed by atoms with Crippen LogP contribution in [0.1, 0.15) is 49.7 Å². The van der Waals surface area contributed by atoms with Crippen LogP contribution in [0.3, 0.4) is 0 Å². The number of carbonyl (C=O) groups excluding carboxylic acids is 1. The normalized spacial score (nSPS) is 22.0. The third-order valence-electron chi connectivity index (χ3n) is 6.00. The molecule has 0 spiro atoms. The van der Waals surface area contributed by atoms with Crippen molar-refractivity contribution in [2.75, 3.05) is 33.0 Å². The number of ether oxygens (including phenoxy) is 2. The van der Waals surface area contributed by atoms with Gasteiger partial charge < -0.3 is 14.4 Å². The zero-order valence-corrected chi connectivity index (χ0v) is 16.7. The SMILES string of the molecule is O=C(C1CCN(Cc2cc(Cl)cc3c2OCOC3)CC1)N1CCCCCC1. The van der Waals surface area contributed by atoms with Crippen molar-refractivity contribution in [2.45, 2.75) is 51.7 Å². The molecule has 3 aliphatic heterocycles. The Bertz CT molecular complexity index is 666. The monoisotopic (exact) mass is 392 g/mol. The molecule has 1 aromatic carbocycles. The third-order valence-corrected chi connectivity index (χ3v) is 6.22. The van der Waals surface area contributed by atoms with Gasteiger partial charge in [0.15, 0.2) is 6.79 Å². The summed E-state index contributed by atoms with van der Waals surface area (Å²) in [4.78, 5) is 17.4. The topological polar surface area (TPSA) is 42.0 Å². The molecule has 5 nitrogen and oxygen atoms in total. The Kier molecular flexibility index (Phi) is 6.21. The predicted molar refractivity (Wildman–Crippen MR) is 105 cm³/mol. The number of halogens is 1. The molecule has 0 bridgehead atoms. The zero-order valence-electron chi connectivity index (χ0n) is 15.9. The number of rotatable bonds is 3. The van der Waals surface area contributed by atoms with Gasteiger partial charge >= 0.3 is 0 Å². The van der Waals surface area contributed by atoms with E-state index < -0.39 is 0 Å². The number of hydrogen-bond acceptors (Lipinski definition) is 4. The van der Waals surface area contributed by atoms with Gasteiger partial charge in [-0.1, -0.05) is 24.4 Å². The van der Waals surface area contributed by atoms with E-state index in [-0.39, 0.29) is 5.92 Å². The molecule has 27 heavy (non-hydrogen) atoms. The van der Waals surface area contributed by atoms with Crippen LogP contribution in [0.25, 0.3) is 0 Å². The summed E-state index contributed by atoms with van der Waals surface area (Å²) < 4.78 is 11.1. The van der Waals surface area contributed by atoms with E-state index in [1.807, 2.05) is 12.1 Å². The molecular formula is C21H29ClN2O3. The summed E-state index contributed by atoms with van der Waals surface area (Å²) >= 11 is 6.28. The van der Waals surface area contributed by atoms with Crippen molar-refractivity contribution >= 4 is 17.5 Å². The molecule has 3 aliphatic rings. The van der Waals surface area contributed by atoms with E-state index >= 15 is 0 Å². The van der Waals surface area contributed by atoms with E-state index in [1.54, 1.807) is 0 Å². The quantitative estimate of drug-likeness (QED) is 0.784. The van der Waals surface area contributed by atoms with Gasteiger partial charge in [-0.25, -0.2) is 0 Å². The predicted octanol–water partition coefficient (Wildman–Crippen LogP) is 3.82. The first-order valence-electron chi connectivity index (χ1n) is 10.2. The highest BCUT2D eigenvalue weighted by atomic mass is 35.5. The summed E-state index contributed by atoms with van der Waals surface area (Å²) in [5.74, 6) is 1.50. The standard InChI is InChI=1S/C21H29ClN2O3/c22-19-11-17(20-18(12-19)14-26-15-27-20)13-23-9-5-16(6-10-23)21(25)24-7-3-1-2-4-8-24/h11-12,16H,1-10,13-15H2. The van der Waals surface area contributed by atoms with Crippen LogP contribution in [0.5, 0.6) is 5.75 Å². The minimum atomic E-state index is 0.192. The van der Waals surface area contributed by atoms with Gasteiger partial charge in [0.25, 0.3) is 0 Å². The van der Waals surface area contributed by atoms with Crippen molar-refractivity contribution in [3.05, 3.63) is 28.3 Å². The van der Waals surface area contributed by atoms with Crippen molar-refractivity contribution in [1.82, 2.24) is 9.80 Å². The van der Waals surface area contributed by atoms with E-state index in [4.69, 9.17) is 21.1 Å². The lowest BCUT2D eigenvalue weighted by Gasteiger charge is -2.34. The van der Waals surface area contributed by atoms with Crippen LogP contribution in [-0.4, -0.2) is 48.7 Å². The fourth-order valence-corrected chi connectivity index (χ4v) is 4.77. The molecule has 6 heteroatoms. The van der Waals surface area contributed by atoms with Crippen molar-refractivity contribution in [3.63, 3.8) is 0 Å². The number of hydrogen-bond donors (Lipinski definition) is 0. The van der Waals surface area contributed by atoms with Crippen LogP contribution in [0.15, 0.2) is 12.1 Å². The van der Waals surface area contributed by atoms with Crippen LogP contribution in [-0.2, 0) is 22.7 Å². The lowest BCUT2D eigenvalue weighted by atomic mass is 9.94. The number of piperidine rings is 1. The number of nitrogens with zero attached hydrogens (tertiary/aromatic N) is 2. The molecule has 2 fully saturated rings. The summed E-state index contributed by atoms with van der Waals surface area (Å²) in [7, 11) is 0. The van der Waals surface area contributed by atoms with Gasteiger partial charge in [0.2, 0.25) is 5.91 Å². The number of benzene rings is 1. The van der Waals surface area contributed by atoms with Crippen molar-refractivity contribution < 1.29 is 14.3 Å². The molecule has 0 N–H and O–H groups in total. The molecule has 0 aromatic heterocycles. The Balaban J connectivity index is 1.35. The van der Waals surface area contributed by atoms with Gasteiger partial charge in [0.05, 0.1) is 6.61 Å². The summed E-state index contributed by atoms with van der Waals surface area (Å²) in [6, 6.07) is 3.92. The molecule has 0 radical (unpaired) electrons. The maximum Gasteiger partial charge on any atom is 0.225 e. The molecule has 1 amide bonds. The van der Waals surface area contributed by atoms with E-state index in [2.05, 4.69) is 9.80 Å². The molecular weight excluding hydrogens is 364 g/mol. The summed E-state index contributed by atoms with van der Waals surface area (Å²) in [6.45, 7) is 5.46. The first kappa shape index (κ1) is 19.0. The molecule has 0 unspecified atom stereocenters. The lowest BCUT2D eigenvalue weighted by Crippen LogP contribution is -2.42. The Morgan fingerprint density at radius 3 is 2.56 bits per heavy atom. The van der Waals surface area contributed by atoms with Gasteiger partial charge in [0.1, 0.15) is 5.75 Å². The Labute approximate surface area is 166 Å². The fourth-order valence-electron chi connectivity index (χ4n) is 4.50. The average molecular weight is 393 g/mol. The van der Waals surface area contributed by atoms with Crippen LogP contribution in [0.2, 0.25) is 5.02 Å². The Hall–Kier alpha value is -1.30. The second-order valence-electron chi connectivity index (χ2n) is 7.95. The number of carbonyl (C=O) groups is 1. The van der Waals surface area contributed by atoms with Crippen LogP contribution < -0.4 is 4.74 Å². The summed E-state index contributed by atoms with van der Waals surface area (Å²) in [5.41, 5.74) is 2.15. The van der Waals surface area contributed by atoms with Crippen LogP contribution in [0.4, 0.5) is 0 Å². The zero-order chi connectivity index (χ0) is 18.6. The number of amides is 1. The first-order valence-corrected chi connectivity index (χ1v) is 10.6. The molecule has 0 atom stereocenters. The smallest absolute Gasteiger partial charge is 0.225 e. The Morgan fingerprint density at radius 2 is 1.81 bits per heavy atom. The third kappa shape index (κ3) is 4.58. The molecule has 0 saturated carbocycles. The molecule has 0 aliphatic carbocycles. The van der Waals surface area contributed by atoms with E-state index in [1.165, 1.54) is 12.8 Å². The minimum Gasteiger partial charge on any atom is -0.467 e. The largest absolute Gasteiger partial charge is 0.467 e. The van der Waals surface area contributed by atoms with Gasteiger partial charge in [-0.05, 0) is 50.9 Å². The highest BCUT2D eigenvalue weighted by Gasteiger charge is 2.29. The number of likely N-dealkylation sites (tertiary alicyclic amines) is 2. The first-order chi connectivity index (χ1) is 13.2. The average Bonchev–Trinajstić information content (AvgIpc) is 2.97. The maximum absolute atomic E-state index is 12.9. The Morgan fingerprint density at radius 1 is 1.07 bits per heavy atom. The van der Waals surface area contributed by atoms with Crippen molar-refractivity contribution in [1.29, 1.82) is 0 Å². The van der Waals surface area contributed by atoms with Crippen LogP contribution in [0, 0.1) is 5.92 Å². The second kappa shape index (κ2) is 8.80. The van der Waals surface area contributed by atoms with Gasteiger partial charge in [-0.2, -0.15) is 0 Å². The van der Waals surface area contributed by atoms with Gasteiger partial charge in [-0.15, -0.1) is 0 Å². The highest BCUT2D eigenvalue weighted by Crippen LogP contribution is 2.33. The molecule has 4 rings (SSSR count). The van der Waals surface area contributed by atoms with Gasteiger partial charge in [-0.3, -0.25) is 9.69 Å². The van der Waals surface area contributed by atoms with Gasteiger partial charge in [0, 0.05) is 41.7 Å². The number of fused-ring (bicyclic) bond motifs is 1. The summed E-state index contributed by atoms with van der Waals surface area (Å²) in [6.07, 6.45) is 6.74. The molecule has 3 heterocycles. The minimum absolute atomic E-state index is 0.192. The molecule has 2 saturated heterocycles. The van der Waals surface area contributed by atoms with Crippen molar-refractivity contribution in [3.8, 4) is 5.75 Å². The maximum atomic E-state index is 12.9. The highest BCUT2D eigenvalue weighted by molar-refractivity contribution is 6.30. The van der Waals surface area contributed by atoms with Crippen molar-refractivity contribution in [2.24, 2.45) is 5.92 Å². The van der Waals surface area contributed by atoms with E-state index in [9.17, 15) is 4.79 Å². The van der Waals surface area contributed by atoms with E-state index in [0.29, 0.717) is 19.3 Å². The molecule has 148 valence electrons. The fraction of sp³-hybridized carbons (Fsp3) is 0.667. The summed E-state index contributed by atoms with van der Waals surface area (Å²) in [5, 5.41) is 0.726.